The summed E-state index contributed by atoms with van der Waals surface area (Å²) in [5.74, 6) is 0.285. The molecule has 1 heterocycles. The van der Waals surface area contributed by atoms with E-state index in [1.807, 2.05) is 23.1 Å². The topological polar surface area (TPSA) is 43.8 Å². The first-order valence-electron chi connectivity index (χ1n) is 8.98. The first-order valence-corrected chi connectivity index (χ1v) is 8.98. The van der Waals surface area contributed by atoms with Crippen LogP contribution in [0.4, 0.5) is 0 Å². The average Bonchev–Trinajstić information content (AvgIpc) is 3.02. The van der Waals surface area contributed by atoms with Gasteiger partial charge in [0.25, 0.3) is 0 Å². The lowest BCUT2D eigenvalue weighted by Crippen LogP contribution is -2.53. The number of hydrogen-bond donors (Lipinski definition) is 1. The van der Waals surface area contributed by atoms with Crippen LogP contribution in [0.2, 0.25) is 0 Å². The lowest BCUT2D eigenvalue weighted by Gasteiger charge is -2.39. The third-order valence-corrected chi connectivity index (χ3v) is 5.28. The number of carbonyl (C=O) groups excluding carboxylic acids is 1. The van der Waals surface area contributed by atoms with Crippen LogP contribution < -0.4 is 0 Å². The van der Waals surface area contributed by atoms with Gasteiger partial charge < -0.3 is 10.0 Å². The molecule has 0 unspecified atom stereocenters. The van der Waals surface area contributed by atoms with E-state index in [4.69, 9.17) is 0 Å². The fourth-order valence-electron chi connectivity index (χ4n) is 3.90. The number of aryl methyl sites for hydroxylation is 1. The molecule has 23 heavy (non-hydrogen) atoms. The molecule has 0 spiro atoms. The van der Waals surface area contributed by atoms with Gasteiger partial charge >= 0.3 is 0 Å². The highest BCUT2D eigenvalue weighted by atomic mass is 16.3. The first-order chi connectivity index (χ1) is 11.2. The first kappa shape index (κ1) is 16.5. The Bertz CT molecular complexity index is 497. The molecule has 1 aromatic carbocycles. The summed E-state index contributed by atoms with van der Waals surface area (Å²) < 4.78 is 0. The Balaban J connectivity index is 1.38. The Hall–Kier alpha value is -1.39. The van der Waals surface area contributed by atoms with Gasteiger partial charge in [0, 0.05) is 38.6 Å². The number of amides is 1. The van der Waals surface area contributed by atoms with Crippen molar-refractivity contribution in [3.05, 3.63) is 35.9 Å². The van der Waals surface area contributed by atoms with Crippen molar-refractivity contribution < 1.29 is 9.90 Å². The van der Waals surface area contributed by atoms with Gasteiger partial charge in [0.2, 0.25) is 5.91 Å². The molecule has 2 fully saturated rings. The van der Waals surface area contributed by atoms with Gasteiger partial charge in [-0.2, -0.15) is 0 Å². The van der Waals surface area contributed by atoms with Crippen LogP contribution in [-0.2, 0) is 11.2 Å². The molecule has 2 aliphatic rings. The SMILES string of the molecule is O=C(CCCc1ccccc1)N1CCN([C@@H]2CCC[C@@H]2O)CC1. The molecule has 3 rings (SSSR count). The predicted molar refractivity (Wildman–Crippen MR) is 91.2 cm³/mol. The minimum Gasteiger partial charge on any atom is -0.391 e. The molecular weight excluding hydrogens is 288 g/mol. The number of nitrogens with zero attached hydrogens (tertiary/aromatic N) is 2. The summed E-state index contributed by atoms with van der Waals surface area (Å²) in [5, 5.41) is 10.0. The molecule has 1 N–H and O–H groups in total. The molecule has 4 heteroatoms. The van der Waals surface area contributed by atoms with Crippen molar-refractivity contribution in [1.29, 1.82) is 0 Å². The van der Waals surface area contributed by atoms with Crippen LogP contribution in [0, 0.1) is 0 Å². The quantitative estimate of drug-likeness (QED) is 0.904. The van der Waals surface area contributed by atoms with Crippen LogP contribution in [0.3, 0.4) is 0 Å². The summed E-state index contributed by atoms with van der Waals surface area (Å²) in [6.45, 7) is 3.44. The standard InChI is InChI=1S/C19H28N2O2/c22-18-10-5-9-17(18)20-12-14-21(15-13-20)19(23)11-4-8-16-6-2-1-3-7-16/h1-3,6-7,17-18,22H,4-5,8-15H2/t17-,18+/m1/s1. The summed E-state index contributed by atoms with van der Waals surface area (Å²) in [7, 11) is 0. The fraction of sp³-hybridized carbons (Fsp3) is 0.632. The number of piperazine rings is 1. The van der Waals surface area contributed by atoms with Crippen molar-refractivity contribution in [2.45, 2.75) is 50.7 Å². The third kappa shape index (κ3) is 4.33. The molecular formula is C19H28N2O2. The van der Waals surface area contributed by atoms with Crippen molar-refractivity contribution in [2.75, 3.05) is 26.2 Å². The second-order valence-corrected chi connectivity index (χ2v) is 6.82. The van der Waals surface area contributed by atoms with E-state index < -0.39 is 0 Å². The lowest BCUT2D eigenvalue weighted by molar-refractivity contribution is -0.133. The average molecular weight is 316 g/mol. The highest BCUT2D eigenvalue weighted by Gasteiger charge is 2.33. The summed E-state index contributed by atoms with van der Waals surface area (Å²) in [4.78, 5) is 16.7. The predicted octanol–water partition coefficient (Wildman–Crippen LogP) is 2.07. The summed E-state index contributed by atoms with van der Waals surface area (Å²) >= 11 is 0. The zero-order chi connectivity index (χ0) is 16.1. The second-order valence-electron chi connectivity index (χ2n) is 6.82. The molecule has 0 radical (unpaired) electrons. The summed E-state index contributed by atoms with van der Waals surface area (Å²) in [5.41, 5.74) is 1.31. The number of carbonyl (C=O) groups is 1. The zero-order valence-corrected chi connectivity index (χ0v) is 13.9. The minimum absolute atomic E-state index is 0.164. The summed E-state index contributed by atoms with van der Waals surface area (Å²) in [6, 6.07) is 10.7. The molecule has 1 aliphatic carbocycles. The van der Waals surface area contributed by atoms with Gasteiger partial charge in [-0.05, 0) is 37.7 Å². The smallest absolute Gasteiger partial charge is 0.222 e. The van der Waals surface area contributed by atoms with E-state index in [-0.39, 0.29) is 12.0 Å². The monoisotopic (exact) mass is 316 g/mol. The fourth-order valence-corrected chi connectivity index (χ4v) is 3.90. The van der Waals surface area contributed by atoms with Crippen molar-refractivity contribution >= 4 is 5.91 Å². The van der Waals surface area contributed by atoms with Crippen LogP contribution in [0.25, 0.3) is 0 Å². The number of aliphatic hydroxyl groups excluding tert-OH is 1. The molecule has 1 aliphatic heterocycles. The lowest BCUT2D eigenvalue weighted by atomic mass is 10.1. The van der Waals surface area contributed by atoms with Gasteiger partial charge in [0.1, 0.15) is 0 Å². The highest BCUT2D eigenvalue weighted by molar-refractivity contribution is 5.76. The van der Waals surface area contributed by atoms with E-state index >= 15 is 0 Å². The molecule has 0 bridgehead atoms. The Kier molecular flexibility index (Phi) is 5.68. The van der Waals surface area contributed by atoms with E-state index in [1.165, 1.54) is 5.56 Å². The van der Waals surface area contributed by atoms with Gasteiger partial charge in [-0.15, -0.1) is 0 Å². The highest BCUT2D eigenvalue weighted by Crippen LogP contribution is 2.25. The van der Waals surface area contributed by atoms with Gasteiger partial charge in [0.15, 0.2) is 0 Å². The van der Waals surface area contributed by atoms with Crippen LogP contribution >= 0.6 is 0 Å². The van der Waals surface area contributed by atoms with Gasteiger partial charge in [0.05, 0.1) is 6.10 Å². The van der Waals surface area contributed by atoms with E-state index in [1.54, 1.807) is 0 Å². The molecule has 1 aromatic rings. The van der Waals surface area contributed by atoms with E-state index in [0.717, 1.165) is 58.3 Å². The Morgan fingerprint density at radius 1 is 1.09 bits per heavy atom. The Morgan fingerprint density at radius 2 is 1.83 bits per heavy atom. The molecule has 1 amide bonds. The maximum atomic E-state index is 12.3. The second kappa shape index (κ2) is 7.93. The number of aliphatic hydroxyl groups is 1. The molecule has 126 valence electrons. The van der Waals surface area contributed by atoms with E-state index in [9.17, 15) is 9.90 Å². The van der Waals surface area contributed by atoms with Gasteiger partial charge in [-0.25, -0.2) is 0 Å². The molecule has 2 atom stereocenters. The number of rotatable bonds is 5. The van der Waals surface area contributed by atoms with Crippen LogP contribution in [0.5, 0.6) is 0 Å². The van der Waals surface area contributed by atoms with Crippen molar-refractivity contribution in [3.63, 3.8) is 0 Å². The maximum Gasteiger partial charge on any atom is 0.222 e. The number of benzene rings is 1. The van der Waals surface area contributed by atoms with Gasteiger partial charge in [-0.1, -0.05) is 30.3 Å². The maximum absolute atomic E-state index is 12.3. The summed E-state index contributed by atoms with van der Waals surface area (Å²) in [6.07, 6.45) is 5.54. The van der Waals surface area contributed by atoms with Crippen molar-refractivity contribution in [2.24, 2.45) is 0 Å². The van der Waals surface area contributed by atoms with Crippen LogP contribution in [0.1, 0.15) is 37.7 Å². The third-order valence-electron chi connectivity index (χ3n) is 5.28. The minimum atomic E-state index is -0.164. The van der Waals surface area contributed by atoms with Crippen molar-refractivity contribution in [1.82, 2.24) is 9.80 Å². The Morgan fingerprint density at radius 3 is 2.48 bits per heavy atom. The van der Waals surface area contributed by atoms with Crippen LogP contribution in [0.15, 0.2) is 30.3 Å². The van der Waals surface area contributed by atoms with E-state index in [0.29, 0.717) is 12.5 Å². The van der Waals surface area contributed by atoms with Gasteiger partial charge in [-0.3, -0.25) is 9.69 Å². The molecule has 0 aromatic heterocycles. The molecule has 4 nitrogen and oxygen atoms in total. The largest absolute Gasteiger partial charge is 0.391 e. The Labute approximate surface area is 139 Å². The number of hydrogen-bond acceptors (Lipinski definition) is 3. The van der Waals surface area contributed by atoms with Crippen LogP contribution in [-0.4, -0.2) is 59.1 Å². The normalized spacial score (nSPS) is 25.7. The molecule has 1 saturated heterocycles. The molecule has 1 saturated carbocycles. The zero-order valence-electron chi connectivity index (χ0n) is 13.9. The van der Waals surface area contributed by atoms with Crippen molar-refractivity contribution in [3.8, 4) is 0 Å². The van der Waals surface area contributed by atoms with E-state index in [2.05, 4.69) is 17.0 Å².